The summed E-state index contributed by atoms with van der Waals surface area (Å²) in [6.45, 7) is 0. The van der Waals surface area contributed by atoms with Gasteiger partial charge in [0.2, 0.25) is 0 Å². The Labute approximate surface area is 133 Å². The van der Waals surface area contributed by atoms with Crippen LogP contribution < -0.4 is 11.1 Å². The minimum Gasteiger partial charge on any atom is -0.383 e. The lowest BCUT2D eigenvalue weighted by Crippen LogP contribution is -2.12. The van der Waals surface area contributed by atoms with E-state index in [9.17, 15) is 13.2 Å². The lowest BCUT2D eigenvalue weighted by molar-refractivity contribution is -0.137. The molecule has 0 spiro atoms. The molecule has 0 saturated heterocycles. The highest BCUT2D eigenvalue weighted by atomic mass is 32.1. The summed E-state index contributed by atoms with van der Waals surface area (Å²) >= 11 is 1.50. The zero-order valence-corrected chi connectivity index (χ0v) is 12.4. The van der Waals surface area contributed by atoms with Gasteiger partial charge in [-0.3, -0.25) is 0 Å². The number of aliphatic imine (C=N–C) groups is 1. The number of benzene rings is 2. The summed E-state index contributed by atoms with van der Waals surface area (Å²) in [6.07, 6.45) is -4.41. The van der Waals surface area contributed by atoms with Crippen molar-refractivity contribution < 1.29 is 13.2 Å². The molecule has 7 heteroatoms. The number of anilines is 2. The monoisotopic (exact) mass is 333 g/mol. The molecule has 0 amide bonds. The first-order chi connectivity index (χ1) is 10.9. The summed E-state index contributed by atoms with van der Waals surface area (Å²) in [4.78, 5) is 4.22. The Balaban J connectivity index is 1.93. The van der Waals surface area contributed by atoms with Gasteiger partial charge in [0.25, 0.3) is 0 Å². The third-order valence-electron chi connectivity index (χ3n) is 3.67. The first-order valence-corrected chi connectivity index (χ1v) is 7.59. The van der Waals surface area contributed by atoms with Crippen LogP contribution in [-0.2, 0) is 6.18 Å². The van der Waals surface area contributed by atoms with Crippen molar-refractivity contribution in [2.75, 3.05) is 5.32 Å². The normalized spacial score (nSPS) is 13.8. The van der Waals surface area contributed by atoms with Crippen molar-refractivity contribution in [2.45, 2.75) is 6.18 Å². The molecule has 3 aromatic rings. The third kappa shape index (κ3) is 2.24. The van der Waals surface area contributed by atoms with Gasteiger partial charge in [0, 0.05) is 10.1 Å². The molecule has 0 fully saturated rings. The number of halogens is 3. The zero-order chi connectivity index (χ0) is 16.2. The van der Waals surface area contributed by atoms with Gasteiger partial charge in [0.15, 0.2) is 0 Å². The molecule has 23 heavy (non-hydrogen) atoms. The van der Waals surface area contributed by atoms with E-state index >= 15 is 0 Å². The number of nitrogens with zero attached hydrogens (tertiary/aromatic N) is 1. The van der Waals surface area contributed by atoms with E-state index in [0.717, 1.165) is 32.8 Å². The number of hydrogen-bond acceptors (Lipinski definition) is 4. The lowest BCUT2D eigenvalue weighted by Gasteiger charge is -2.10. The van der Waals surface area contributed by atoms with Gasteiger partial charge in [-0.05, 0) is 24.3 Å². The summed E-state index contributed by atoms with van der Waals surface area (Å²) in [5.41, 5.74) is 6.74. The van der Waals surface area contributed by atoms with Crippen molar-refractivity contribution in [1.82, 2.24) is 0 Å². The quantitative estimate of drug-likeness (QED) is 0.607. The van der Waals surface area contributed by atoms with Crippen LogP contribution in [0.5, 0.6) is 0 Å². The van der Waals surface area contributed by atoms with Gasteiger partial charge in [0.05, 0.1) is 22.5 Å². The first kappa shape index (κ1) is 14.1. The number of fused-ring (bicyclic) bond motifs is 4. The third-order valence-corrected chi connectivity index (χ3v) is 4.75. The Morgan fingerprint density at radius 2 is 1.87 bits per heavy atom. The fourth-order valence-electron chi connectivity index (χ4n) is 2.60. The van der Waals surface area contributed by atoms with Crippen LogP contribution in [-0.4, -0.2) is 5.84 Å². The van der Waals surface area contributed by atoms with Crippen molar-refractivity contribution in [3.63, 3.8) is 0 Å². The number of nitrogens with one attached hydrogen (secondary N) is 1. The lowest BCUT2D eigenvalue weighted by atomic mass is 10.1. The number of alkyl halides is 3. The molecule has 0 atom stereocenters. The van der Waals surface area contributed by atoms with Crippen molar-refractivity contribution in [2.24, 2.45) is 10.7 Å². The van der Waals surface area contributed by atoms with Gasteiger partial charge in [-0.1, -0.05) is 18.2 Å². The van der Waals surface area contributed by atoms with E-state index in [4.69, 9.17) is 5.73 Å². The van der Waals surface area contributed by atoms with Gasteiger partial charge in [-0.25, -0.2) is 4.99 Å². The molecule has 0 radical (unpaired) electrons. The predicted octanol–water partition coefficient (Wildman–Crippen LogP) is 5.01. The highest BCUT2D eigenvalue weighted by Crippen LogP contribution is 2.43. The standard InChI is InChI=1S/C16H10F3N3S/c17-16(18,19)8-5-6-10-11(7-8)21-14(20)13-9-3-1-2-4-12(9)23-15(13)22-10/h1-7,22H,(H2,20,21). The molecule has 1 aromatic heterocycles. The molecule has 1 aliphatic rings. The van der Waals surface area contributed by atoms with Crippen LogP contribution in [0.4, 0.5) is 29.5 Å². The maximum Gasteiger partial charge on any atom is 0.416 e. The number of thiophene rings is 1. The molecule has 3 nitrogen and oxygen atoms in total. The fraction of sp³-hybridized carbons (Fsp3) is 0.0625. The molecule has 3 N–H and O–H groups in total. The molecule has 4 rings (SSSR count). The van der Waals surface area contributed by atoms with E-state index in [1.54, 1.807) is 0 Å². The van der Waals surface area contributed by atoms with Gasteiger partial charge in [0.1, 0.15) is 10.8 Å². The molecule has 2 aromatic carbocycles. The molecule has 0 saturated carbocycles. The minimum absolute atomic E-state index is 0.185. The van der Waals surface area contributed by atoms with Crippen molar-refractivity contribution in [3.05, 3.63) is 53.6 Å². The Hall–Kier alpha value is -2.54. The van der Waals surface area contributed by atoms with Crippen LogP contribution in [0.1, 0.15) is 11.1 Å². The fourth-order valence-corrected chi connectivity index (χ4v) is 3.73. The molecule has 0 unspecified atom stereocenters. The minimum atomic E-state index is -4.41. The Kier molecular flexibility index (Phi) is 2.89. The number of amidine groups is 1. The van der Waals surface area contributed by atoms with Gasteiger partial charge >= 0.3 is 6.18 Å². The number of rotatable bonds is 0. The maximum absolute atomic E-state index is 12.9. The van der Waals surface area contributed by atoms with Crippen LogP contribution in [0.25, 0.3) is 10.1 Å². The van der Waals surface area contributed by atoms with Gasteiger partial charge in [-0.2, -0.15) is 13.2 Å². The van der Waals surface area contributed by atoms with E-state index in [1.807, 2.05) is 24.3 Å². The Morgan fingerprint density at radius 3 is 2.65 bits per heavy atom. The smallest absolute Gasteiger partial charge is 0.383 e. The second-order valence-electron chi connectivity index (χ2n) is 5.15. The topological polar surface area (TPSA) is 50.4 Å². The van der Waals surface area contributed by atoms with Gasteiger partial charge < -0.3 is 11.1 Å². The van der Waals surface area contributed by atoms with Crippen molar-refractivity contribution in [3.8, 4) is 0 Å². The van der Waals surface area contributed by atoms with E-state index in [0.29, 0.717) is 5.69 Å². The van der Waals surface area contributed by atoms with Crippen molar-refractivity contribution in [1.29, 1.82) is 0 Å². The largest absolute Gasteiger partial charge is 0.416 e. The average Bonchev–Trinajstić information content (AvgIpc) is 2.79. The highest BCUT2D eigenvalue weighted by molar-refractivity contribution is 7.23. The van der Waals surface area contributed by atoms with Crippen LogP contribution in [0.3, 0.4) is 0 Å². The number of nitrogens with two attached hydrogens (primary N) is 1. The molecule has 0 aliphatic carbocycles. The Morgan fingerprint density at radius 1 is 1.09 bits per heavy atom. The predicted molar refractivity (Wildman–Crippen MR) is 86.9 cm³/mol. The molecule has 0 bridgehead atoms. The number of hydrogen-bond donors (Lipinski definition) is 2. The van der Waals surface area contributed by atoms with E-state index < -0.39 is 11.7 Å². The molecule has 2 heterocycles. The maximum atomic E-state index is 12.9. The SMILES string of the molecule is NC1=Nc2cc(C(F)(F)F)ccc2Nc2sc3ccccc3c21. The molecular weight excluding hydrogens is 323 g/mol. The van der Waals surface area contributed by atoms with E-state index in [-0.39, 0.29) is 11.5 Å². The molecule has 1 aliphatic heterocycles. The summed E-state index contributed by atoms with van der Waals surface area (Å²) in [6, 6.07) is 11.1. The van der Waals surface area contributed by atoms with Crippen LogP contribution in [0.2, 0.25) is 0 Å². The first-order valence-electron chi connectivity index (χ1n) is 6.78. The summed E-state index contributed by atoms with van der Waals surface area (Å²) in [5, 5.41) is 4.88. The van der Waals surface area contributed by atoms with Crippen LogP contribution >= 0.6 is 11.3 Å². The molecular formula is C16H10F3N3S. The van der Waals surface area contributed by atoms with E-state index in [2.05, 4.69) is 10.3 Å². The second kappa shape index (κ2) is 4.73. The van der Waals surface area contributed by atoms with Crippen LogP contribution in [0.15, 0.2) is 47.5 Å². The van der Waals surface area contributed by atoms with Crippen molar-refractivity contribution >= 4 is 43.6 Å². The van der Waals surface area contributed by atoms with Gasteiger partial charge in [-0.15, -0.1) is 11.3 Å². The van der Waals surface area contributed by atoms with E-state index in [1.165, 1.54) is 17.4 Å². The summed E-state index contributed by atoms with van der Waals surface area (Å²) in [5.74, 6) is 0.211. The van der Waals surface area contributed by atoms with Crippen LogP contribution in [0, 0.1) is 0 Å². The summed E-state index contributed by atoms with van der Waals surface area (Å²) < 4.78 is 39.6. The second-order valence-corrected chi connectivity index (χ2v) is 6.21. The Bertz CT molecular complexity index is 957. The average molecular weight is 333 g/mol. The highest BCUT2D eigenvalue weighted by Gasteiger charge is 2.31. The summed E-state index contributed by atoms with van der Waals surface area (Å²) in [7, 11) is 0. The zero-order valence-electron chi connectivity index (χ0n) is 11.6. The molecule has 116 valence electrons.